The lowest BCUT2D eigenvalue weighted by Crippen LogP contribution is -2.20. The number of rotatable bonds is 3. The Morgan fingerprint density at radius 2 is 1.87 bits per heavy atom. The molecule has 2 N–H and O–H groups in total. The van der Waals surface area contributed by atoms with E-state index in [1.54, 1.807) is 18.2 Å². The summed E-state index contributed by atoms with van der Waals surface area (Å²) >= 11 is 12.2. The highest BCUT2D eigenvalue weighted by Gasteiger charge is 2.47. The van der Waals surface area contributed by atoms with Crippen LogP contribution in [0.3, 0.4) is 0 Å². The predicted octanol–water partition coefficient (Wildman–Crippen LogP) is 2.90. The van der Waals surface area contributed by atoms with Crippen molar-refractivity contribution >= 4 is 29.1 Å². The zero-order valence-electron chi connectivity index (χ0n) is 8.09. The van der Waals surface area contributed by atoms with E-state index in [0.717, 1.165) is 18.4 Å². The highest BCUT2D eigenvalue weighted by atomic mass is 35.5. The summed E-state index contributed by atoms with van der Waals surface area (Å²) in [6.45, 7) is 0. The van der Waals surface area contributed by atoms with Crippen LogP contribution < -0.4 is 5.73 Å². The largest absolute Gasteiger partial charge is 0.370 e. The molecule has 1 aromatic rings. The second-order valence-electron chi connectivity index (χ2n) is 4.02. The van der Waals surface area contributed by atoms with Crippen LogP contribution in [0, 0.1) is 0 Å². The van der Waals surface area contributed by atoms with Crippen LogP contribution in [0.5, 0.6) is 0 Å². The molecule has 1 saturated carbocycles. The zero-order valence-corrected chi connectivity index (χ0v) is 9.61. The van der Waals surface area contributed by atoms with Gasteiger partial charge >= 0.3 is 0 Å². The van der Waals surface area contributed by atoms with E-state index < -0.39 is 0 Å². The molecular formula is C11H11Cl2NO. The lowest BCUT2D eigenvalue weighted by atomic mass is 9.92. The van der Waals surface area contributed by atoms with Crippen molar-refractivity contribution in [3.8, 4) is 0 Å². The first-order valence-corrected chi connectivity index (χ1v) is 5.53. The molecule has 0 spiro atoms. The summed E-state index contributed by atoms with van der Waals surface area (Å²) in [5.41, 5.74) is 5.92. The maximum atomic E-state index is 11.0. The number of carbonyl (C=O) groups is 1. The fourth-order valence-electron chi connectivity index (χ4n) is 2.00. The lowest BCUT2D eigenvalue weighted by molar-refractivity contribution is -0.118. The Morgan fingerprint density at radius 3 is 2.27 bits per heavy atom. The molecule has 2 nitrogen and oxygen atoms in total. The van der Waals surface area contributed by atoms with Crippen LogP contribution in [0.25, 0.3) is 0 Å². The first-order valence-electron chi connectivity index (χ1n) is 4.78. The minimum absolute atomic E-state index is 0.193. The summed E-state index contributed by atoms with van der Waals surface area (Å²) in [6.07, 6.45) is 2.19. The third-order valence-electron chi connectivity index (χ3n) is 2.86. The quantitative estimate of drug-likeness (QED) is 0.872. The van der Waals surface area contributed by atoms with E-state index in [4.69, 9.17) is 28.9 Å². The van der Waals surface area contributed by atoms with Gasteiger partial charge in [0, 0.05) is 21.9 Å². The van der Waals surface area contributed by atoms with E-state index in [1.165, 1.54) is 0 Å². The molecule has 0 heterocycles. The third-order valence-corrected chi connectivity index (χ3v) is 3.49. The number of carbonyl (C=O) groups excluding carboxylic acids is 1. The number of amides is 1. The third kappa shape index (κ3) is 1.97. The molecule has 1 aromatic carbocycles. The van der Waals surface area contributed by atoms with Crippen LogP contribution in [-0.2, 0) is 10.2 Å². The van der Waals surface area contributed by atoms with Gasteiger partial charge in [-0.3, -0.25) is 4.79 Å². The number of halogens is 2. The van der Waals surface area contributed by atoms with Crippen molar-refractivity contribution in [2.24, 2.45) is 5.73 Å². The average molecular weight is 244 g/mol. The van der Waals surface area contributed by atoms with E-state index in [9.17, 15) is 4.79 Å². The molecule has 0 saturated heterocycles. The number of hydrogen-bond donors (Lipinski definition) is 1. The molecule has 1 aliphatic carbocycles. The fraction of sp³-hybridized carbons (Fsp3) is 0.364. The minimum atomic E-state index is -0.302. The van der Waals surface area contributed by atoms with Gasteiger partial charge in [0.15, 0.2) is 0 Å². The Bertz CT molecular complexity index is 393. The van der Waals surface area contributed by atoms with E-state index in [0.29, 0.717) is 16.5 Å². The molecule has 1 fully saturated rings. The van der Waals surface area contributed by atoms with Crippen molar-refractivity contribution in [3.63, 3.8) is 0 Å². The summed E-state index contributed by atoms with van der Waals surface area (Å²) in [7, 11) is 0. The smallest absolute Gasteiger partial charge is 0.218 e. The molecule has 15 heavy (non-hydrogen) atoms. The number of primary amides is 1. The predicted molar refractivity (Wildman–Crippen MR) is 61.2 cm³/mol. The first kappa shape index (κ1) is 10.8. The Labute approximate surface area is 98.4 Å². The van der Waals surface area contributed by atoms with Crippen molar-refractivity contribution < 1.29 is 4.79 Å². The monoisotopic (exact) mass is 243 g/mol. The Balaban J connectivity index is 2.41. The second-order valence-corrected chi connectivity index (χ2v) is 4.83. The Morgan fingerprint density at radius 1 is 1.33 bits per heavy atom. The van der Waals surface area contributed by atoms with Crippen LogP contribution >= 0.6 is 23.2 Å². The molecule has 0 atom stereocenters. The standard InChI is InChI=1S/C11H11Cl2NO/c12-7-2-1-3-8(13)10(7)11(4-5-11)6-9(14)15/h1-3H,4-6H2,(H2,14,15). The van der Waals surface area contributed by atoms with Crippen LogP contribution in [0.1, 0.15) is 24.8 Å². The molecule has 80 valence electrons. The number of nitrogens with two attached hydrogens (primary N) is 1. The maximum Gasteiger partial charge on any atom is 0.218 e. The van der Waals surface area contributed by atoms with Crippen molar-refractivity contribution in [3.05, 3.63) is 33.8 Å². The summed E-state index contributed by atoms with van der Waals surface area (Å²) < 4.78 is 0. The van der Waals surface area contributed by atoms with Gasteiger partial charge in [0.25, 0.3) is 0 Å². The molecule has 0 radical (unpaired) electrons. The fourth-order valence-corrected chi connectivity index (χ4v) is 2.80. The summed E-state index contributed by atoms with van der Waals surface area (Å²) in [5.74, 6) is -0.302. The van der Waals surface area contributed by atoms with Crippen LogP contribution in [-0.4, -0.2) is 5.91 Å². The van der Waals surface area contributed by atoms with Crippen molar-refractivity contribution in [2.75, 3.05) is 0 Å². The molecule has 0 aliphatic heterocycles. The van der Waals surface area contributed by atoms with Gasteiger partial charge in [0.2, 0.25) is 5.91 Å². The van der Waals surface area contributed by atoms with Gasteiger partial charge in [-0.1, -0.05) is 29.3 Å². The van der Waals surface area contributed by atoms with Gasteiger partial charge in [0.05, 0.1) is 0 Å². The molecule has 4 heteroatoms. The summed E-state index contributed by atoms with van der Waals surface area (Å²) in [6, 6.07) is 5.39. The second kappa shape index (κ2) is 3.69. The van der Waals surface area contributed by atoms with Gasteiger partial charge < -0.3 is 5.73 Å². The lowest BCUT2D eigenvalue weighted by Gasteiger charge is -2.16. The number of hydrogen-bond acceptors (Lipinski definition) is 1. The van der Waals surface area contributed by atoms with Crippen LogP contribution in [0.4, 0.5) is 0 Å². The highest BCUT2D eigenvalue weighted by Crippen LogP contribution is 2.55. The summed E-state index contributed by atoms with van der Waals surface area (Å²) in [5, 5.41) is 1.25. The Hall–Kier alpha value is -0.730. The molecule has 1 aliphatic rings. The topological polar surface area (TPSA) is 43.1 Å². The van der Waals surface area contributed by atoms with Crippen molar-refractivity contribution in [2.45, 2.75) is 24.7 Å². The summed E-state index contributed by atoms with van der Waals surface area (Å²) in [4.78, 5) is 11.0. The van der Waals surface area contributed by atoms with Gasteiger partial charge in [-0.2, -0.15) is 0 Å². The molecular weight excluding hydrogens is 233 g/mol. The molecule has 0 unspecified atom stereocenters. The van der Waals surface area contributed by atoms with Crippen LogP contribution in [0.15, 0.2) is 18.2 Å². The average Bonchev–Trinajstić information content (AvgIpc) is 2.83. The maximum absolute atomic E-state index is 11.0. The Kier molecular flexibility index (Phi) is 2.65. The van der Waals surface area contributed by atoms with Crippen LogP contribution in [0.2, 0.25) is 10.0 Å². The minimum Gasteiger partial charge on any atom is -0.370 e. The van der Waals surface area contributed by atoms with Gasteiger partial charge in [0.1, 0.15) is 0 Å². The van der Waals surface area contributed by atoms with Gasteiger partial charge in [-0.15, -0.1) is 0 Å². The van der Waals surface area contributed by atoms with E-state index >= 15 is 0 Å². The highest BCUT2D eigenvalue weighted by molar-refractivity contribution is 6.36. The first-order chi connectivity index (χ1) is 7.05. The SMILES string of the molecule is NC(=O)CC1(c2c(Cl)cccc2Cl)CC1. The van der Waals surface area contributed by atoms with Crippen molar-refractivity contribution in [1.29, 1.82) is 0 Å². The van der Waals surface area contributed by atoms with E-state index in [2.05, 4.69) is 0 Å². The van der Waals surface area contributed by atoms with E-state index in [-0.39, 0.29) is 11.3 Å². The molecule has 0 aromatic heterocycles. The molecule has 1 amide bonds. The van der Waals surface area contributed by atoms with Gasteiger partial charge in [-0.05, 0) is 30.5 Å². The molecule has 0 bridgehead atoms. The normalized spacial score (nSPS) is 17.5. The number of benzene rings is 1. The zero-order chi connectivity index (χ0) is 11.1. The molecule has 2 rings (SSSR count). The van der Waals surface area contributed by atoms with E-state index in [1.807, 2.05) is 0 Å². The van der Waals surface area contributed by atoms with Crippen molar-refractivity contribution in [1.82, 2.24) is 0 Å². The van der Waals surface area contributed by atoms with Gasteiger partial charge in [-0.25, -0.2) is 0 Å².